The van der Waals surface area contributed by atoms with Crippen LogP contribution in [0.3, 0.4) is 0 Å². The van der Waals surface area contributed by atoms with Gasteiger partial charge in [-0.15, -0.1) is 5.10 Å². The Labute approximate surface area is 207 Å². The average Bonchev–Trinajstić information content (AvgIpc) is 3.44. The van der Waals surface area contributed by atoms with Gasteiger partial charge in [0, 0.05) is 32.2 Å². The molecule has 0 unspecified atom stereocenters. The first-order valence-electron chi connectivity index (χ1n) is 11.6. The number of amides is 1. The average molecular weight is 493 g/mol. The van der Waals surface area contributed by atoms with Crippen molar-refractivity contribution in [2.24, 2.45) is 0 Å². The minimum atomic E-state index is -0.518. The summed E-state index contributed by atoms with van der Waals surface area (Å²) in [4.78, 5) is 21.7. The molecular weight excluding hydrogens is 467 g/mol. The molecular formula is C24H25FN8O3. The van der Waals surface area contributed by atoms with Crippen LogP contribution in [0.1, 0.15) is 28.5 Å². The molecule has 0 radical (unpaired) electrons. The number of nitrogens with zero attached hydrogens (tertiary/aromatic N) is 8. The molecule has 2 fully saturated rings. The molecule has 2 aliphatic rings. The fourth-order valence-corrected chi connectivity index (χ4v) is 4.81. The van der Waals surface area contributed by atoms with E-state index < -0.39 is 5.82 Å². The van der Waals surface area contributed by atoms with E-state index >= 15 is 0 Å². The Morgan fingerprint density at radius 1 is 1.33 bits per heavy atom. The van der Waals surface area contributed by atoms with Crippen LogP contribution in [0, 0.1) is 24.1 Å². The Kier molecular flexibility index (Phi) is 6.58. The molecule has 186 valence electrons. The van der Waals surface area contributed by atoms with Crippen molar-refractivity contribution in [1.82, 2.24) is 35.0 Å². The van der Waals surface area contributed by atoms with Crippen LogP contribution in [-0.2, 0) is 16.0 Å². The van der Waals surface area contributed by atoms with Crippen molar-refractivity contribution in [3.8, 4) is 17.5 Å². The molecule has 36 heavy (non-hydrogen) atoms. The van der Waals surface area contributed by atoms with E-state index in [2.05, 4.69) is 25.4 Å². The van der Waals surface area contributed by atoms with Crippen LogP contribution >= 0.6 is 0 Å². The first-order valence-corrected chi connectivity index (χ1v) is 11.6. The number of fused-ring (bicyclic) bond motifs is 1. The summed E-state index contributed by atoms with van der Waals surface area (Å²) in [5.41, 5.74) is 2.68. The van der Waals surface area contributed by atoms with Gasteiger partial charge in [0.05, 0.1) is 55.4 Å². The number of benzene rings is 1. The van der Waals surface area contributed by atoms with Gasteiger partial charge in [-0.2, -0.15) is 9.94 Å². The second kappa shape index (κ2) is 9.96. The lowest BCUT2D eigenvalue weighted by atomic mass is 9.96. The Bertz CT molecular complexity index is 1310. The first kappa shape index (κ1) is 23.8. The summed E-state index contributed by atoms with van der Waals surface area (Å²) in [5.74, 6) is -0.0632. The van der Waals surface area contributed by atoms with Gasteiger partial charge in [0.2, 0.25) is 5.91 Å². The summed E-state index contributed by atoms with van der Waals surface area (Å²) >= 11 is 0. The standard InChI is InChI=1S/C24H25FN8O3/c1-15-18(3-4-20(25)19(15)9-26)23-12-31-5-6-32(11-17(31)13-36-23)24(34)8-21-22(35-2)7-16(10-27-21)33-14-28-29-30-33/h3-4,7,10,14,17,23H,5-6,8,11-13H2,1-2H3/t17-,23+/m1/s1. The number of ether oxygens (including phenoxy) is 2. The molecule has 0 saturated carbocycles. The van der Waals surface area contributed by atoms with Gasteiger partial charge in [0.25, 0.3) is 0 Å². The summed E-state index contributed by atoms with van der Waals surface area (Å²) in [6.07, 6.45) is 2.92. The number of halogens is 1. The van der Waals surface area contributed by atoms with Gasteiger partial charge < -0.3 is 14.4 Å². The maximum atomic E-state index is 13.9. The van der Waals surface area contributed by atoms with Crippen molar-refractivity contribution in [3.05, 3.63) is 58.9 Å². The van der Waals surface area contributed by atoms with Gasteiger partial charge >= 0.3 is 0 Å². The minimum Gasteiger partial charge on any atom is -0.495 e. The van der Waals surface area contributed by atoms with Gasteiger partial charge in [-0.05, 0) is 34.5 Å². The van der Waals surface area contributed by atoms with Crippen molar-refractivity contribution in [1.29, 1.82) is 5.26 Å². The molecule has 12 heteroatoms. The SMILES string of the molecule is COc1cc(-n2cnnn2)cnc1CC(=O)N1CCN2C[C@@H](c3ccc(F)c(C#N)c3C)OC[C@H]2C1. The monoisotopic (exact) mass is 492 g/mol. The quantitative estimate of drug-likeness (QED) is 0.517. The number of hydrogen-bond donors (Lipinski definition) is 0. The van der Waals surface area contributed by atoms with E-state index in [1.807, 2.05) is 11.0 Å². The molecule has 1 aromatic carbocycles. The highest BCUT2D eigenvalue weighted by Crippen LogP contribution is 2.31. The number of rotatable bonds is 5. The fourth-order valence-electron chi connectivity index (χ4n) is 4.81. The number of hydrogen-bond acceptors (Lipinski definition) is 9. The molecule has 3 aromatic rings. The van der Waals surface area contributed by atoms with Gasteiger partial charge in [0.1, 0.15) is 24.0 Å². The first-order chi connectivity index (χ1) is 17.5. The van der Waals surface area contributed by atoms with E-state index in [-0.39, 0.29) is 30.0 Å². The molecule has 2 atom stereocenters. The van der Waals surface area contributed by atoms with Crippen LogP contribution in [0.2, 0.25) is 0 Å². The van der Waals surface area contributed by atoms with Crippen LogP contribution in [0.15, 0.2) is 30.7 Å². The summed E-state index contributed by atoms with van der Waals surface area (Å²) in [5, 5.41) is 20.4. The smallest absolute Gasteiger partial charge is 0.228 e. The minimum absolute atomic E-state index is 0.0363. The third-order valence-corrected chi connectivity index (χ3v) is 6.83. The van der Waals surface area contributed by atoms with Crippen LogP contribution in [0.4, 0.5) is 4.39 Å². The lowest BCUT2D eigenvalue weighted by molar-refractivity contribution is -0.139. The number of carbonyl (C=O) groups excluding carboxylic acids is 1. The largest absolute Gasteiger partial charge is 0.495 e. The van der Waals surface area contributed by atoms with Gasteiger partial charge in [-0.25, -0.2) is 4.39 Å². The maximum absolute atomic E-state index is 13.9. The lowest BCUT2D eigenvalue weighted by Gasteiger charge is -2.46. The predicted molar refractivity (Wildman–Crippen MR) is 124 cm³/mol. The normalized spacial score (nSPS) is 20.0. The summed E-state index contributed by atoms with van der Waals surface area (Å²) in [6.45, 7) is 4.64. The fraction of sp³-hybridized carbons (Fsp3) is 0.417. The zero-order valence-electron chi connectivity index (χ0n) is 20.0. The maximum Gasteiger partial charge on any atom is 0.228 e. The van der Waals surface area contributed by atoms with E-state index in [0.717, 1.165) is 5.56 Å². The molecule has 0 N–H and O–H groups in total. The molecule has 5 rings (SSSR count). The molecule has 2 aliphatic heterocycles. The Morgan fingerprint density at radius 3 is 2.94 bits per heavy atom. The highest BCUT2D eigenvalue weighted by atomic mass is 19.1. The second-order valence-corrected chi connectivity index (χ2v) is 8.83. The van der Waals surface area contributed by atoms with E-state index in [0.29, 0.717) is 55.5 Å². The van der Waals surface area contributed by atoms with Crippen molar-refractivity contribution in [2.75, 3.05) is 39.9 Å². The second-order valence-electron chi connectivity index (χ2n) is 8.83. The van der Waals surface area contributed by atoms with E-state index in [9.17, 15) is 14.4 Å². The third kappa shape index (κ3) is 4.50. The molecule has 0 spiro atoms. The van der Waals surface area contributed by atoms with Crippen molar-refractivity contribution in [2.45, 2.75) is 25.5 Å². The molecule has 0 bridgehead atoms. The van der Waals surface area contributed by atoms with Gasteiger partial charge in [-0.1, -0.05) is 6.07 Å². The van der Waals surface area contributed by atoms with Gasteiger partial charge in [-0.3, -0.25) is 14.7 Å². The van der Waals surface area contributed by atoms with Crippen molar-refractivity contribution in [3.63, 3.8) is 0 Å². The highest BCUT2D eigenvalue weighted by Gasteiger charge is 2.36. The number of methoxy groups -OCH3 is 1. The summed E-state index contributed by atoms with van der Waals surface area (Å²) in [7, 11) is 1.53. The van der Waals surface area contributed by atoms with Crippen LogP contribution < -0.4 is 4.74 Å². The summed E-state index contributed by atoms with van der Waals surface area (Å²) < 4.78 is 27.0. The number of nitriles is 1. The Hall–Kier alpha value is -3.95. The van der Waals surface area contributed by atoms with E-state index in [4.69, 9.17) is 9.47 Å². The molecule has 2 aromatic heterocycles. The zero-order valence-corrected chi connectivity index (χ0v) is 20.0. The lowest BCUT2D eigenvalue weighted by Crippen LogP contribution is -2.59. The molecule has 4 heterocycles. The van der Waals surface area contributed by atoms with Gasteiger partial charge in [0.15, 0.2) is 0 Å². The number of morpholine rings is 1. The zero-order chi connectivity index (χ0) is 25.2. The third-order valence-electron chi connectivity index (χ3n) is 6.83. The number of carbonyl (C=O) groups is 1. The van der Waals surface area contributed by atoms with Crippen LogP contribution in [-0.4, -0.2) is 86.8 Å². The molecule has 11 nitrogen and oxygen atoms in total. The Balaban J connectivity index is 1.23. The predicted octanol–water partition coefficient (Wildman–Crippen LogP) is 1.21. The van der Waals surface area contributed by atoms with Crippen LogP contribution in [0.25, 0.3) is 5.69 Å². The number of aromatic nitrogens is 5. The van der Waals surface area contributed by atoms with Crippen LogP contribution in [0.5, 0.6) is 5.75 Å². The van der Waals surface area contributed by atoms with Crippen molar-refractivity contribution >= 4 is 5.91 Å². The molecule has 1 amide bonds. The number of pyridine rings is 1. The van der Waals surface area contributed by atoms with Crippen molar-refractivity contribution < 1.29 is 18.7 Å². The summed E-state index contributed by atoms with van der Waals surface area (Å²) in [6, 6.07) is 6.77. The number of tetrazole rings is 1. The van der Waals surface area contributed by atoms with E-state index in [1.54, 1.807) is 25.3 Å². The number of piperazine rings is 1. The van der Waals surface area contributed by atoms with E-state index in [1.165, 1.54) is 24.2 Å². The highest BCUT2D eigenvalue weighted by molar-refractivity contribution is 5.79. The Morgan fingerprint density at radius 2 is 2.19 bits per heavy atom. The molecule has 2 saturated heterocycles. The molecule has 0 aliphatic carbocycles. The topological polar surface area (TPSA) is 122 Å².